The molecule has 0 spiro atoms. The predicted molar refractivity (Wildman–Crippen MR) is 109 cm³/mol. The van der Waals surface area contributed by atoms with Gasteiger partial charge in [0.2, 0.25) is 0 Å². The second kappa shape index (κ2) is 9.37. The first-order valence-corrected chi connectivity index (χ1v) is 10.7. The quantitative estimate of drug-likeness (QED) is 0.128. The fourth-order valence-corrected chi connectivity index (χ4v) is 3.41. The third-order valence-corrected chi connectivity index (χ3v) is 5.78. The number of nitrogens with zero attached hydrogens (tertiary/aromatic N) is 1. The average molecular weight is 589 g/mol. The van der Waals surface area contributed by atoms with E-state index in [2.05, 4.69) is 4.74 Å². The SMILES string of the molecule is CC(OC(=O)c1cc(OC(=O)c2c(F)cccc2I)ccc1[N+](=O)[O-])C(F)(F)S(=O)(=O)O. The van der Waals surface area contributed by atoms with E-state index in [4.69, 9.17) is 9.29 Å². The molecular weight excluding hydrogens is 578 g/mol. The minimum Gasteiger partial charge on any atom is -0.451 e. The van der Waals surface area contributed by atoms with Crippen molar-refractivity contribution in [1.82, 2.24) is 0 Å². The van der Waals surface area contributed by atoms with Crippen LogP contribution in [0.4, 0.5) is 18.9 Å². The van der Waals surface area contributed by atoms with Crippen LogP contribution < -0.4 is 4.74 Å². The number of nitro groups is 1. The number of hydrogen-bond acceptors (Lipinski definition) is 8. The van der Waals surface area contributed by atoms with Crippen LogP contribution in [0, 0.1) is 19.5 Å². The van der Waals surface area contributed by atoms with E-state index < -0.39 is 66.7 Å². The fraction of sp³-hybridized carbons (Fsp3) is 0.176. The van der Waals surface area contributed by atoms with Crippen LogP contribution in [0.1, 0.15) is 27.6 Å². The molecule has 1 unspecified atom stereocenters. The molecule has 1 atom stereocenters. The van der Waals surface area contributed by atoms with Crippen LogP contribution >= 0.6 is 22.6 Å². The summed E-state index contributed by atoms with van der Waals surface area (Å²) in [5, 5.41) is 6.25. The zero-order valence-corrected chi connectivity index (χ0v) is 18.6. The van der Waals surface area contributed by atoms with E-state index in [1.807, 2.05) is 0 Å². The van der Waals surface area contributed by atoms with E-state index in [1.54, 1.807) is 22.6 Å². The van der Waals surface area contributed by atoms with Crippen molar-refractivity contribution in [1.29, 1.82) is 0 Å². The van der Waals surface area contributed by atoms with Crippen LogP contribution in [0.5, 0.6) is 5.75 Å². The molecule has 2 aromatic carbocycles. The lowest BCUT2D eigenvalue weighted by Gasteiger charge is -2.20. The van der Waals surface area contributed by atoms with Crippen molar-refractivity contribution < 1.29 is 50.1 Å². The summed E-state index contributed by atoms with van der Waals surface area (Å²) in [5.74, 6) is -4.41. The molecule has 0 aliphatic rings. The lowest BCUT2D eigenvalue weighted by molar-refractivity contribution is -0.385. The average Bonchev–Trinajstić information content (AvgIpc) is 2.66. The summed E-state index contributed by atoms with van der Waals surface area (Å²) in [4.78, 5) is 34.6. The molecule has 2 aromatic rings. The van der Waals surface area contributed by atoms with E-state index in [-0.39, 0.29) is 3.57 Å². The van der Waals surface area contributed by atoms with Gasteiger partial charge in [0.25, 0.3) is 5.69 Å². The maximum atomic E-state index is 13.9. The number of carbonyl (C=O) groups is 2. The fourth-order valence-electron chi connectivity index (χ4n) is 2.25. The summed E-state index contributed by atoms with van der Waals surface area (Å²) >= 11 is 1.66. The normalized spacial score (nSPS) is 12.7. The van der Waals surface area contributed by atoms with Crippen molar-refractivity contribution in [2.24, 2.45) is 0 Å². The van der Waals surface area contributed by atoms with Crippen LogP contribution in [-0.2, 0) is 14.9 Å². The highest BCUT2D eigenvalue weighted by Gasteiger charge is 2.52. The first-order valence-electron chi connectivity index (χ1n) is 8.17. The van der Waals surface area contributed by atoms with Crippen LogP contribution in [-0.4, -0.2) is 41.2 Å². The summed E-state index contributed by atoms with van der Waals surface area (Å²) in [6.45, 7) is 0.432. The van der Waals surface area contributed by atoms with Crippen molar-refractivity contribution in [3.8, 4) is 5.75 Å². The Kier molecular flexibility index (Phi) is 7.46. The minimum atomic E-state index is -5.97. The molecular formula is C17H11F3INO9S. The van der Waals surface area contributed by atoms with E-state index in [0.29, 0.717) is 19.1 Å². The molecule has 32 heavy (non-hydrogen) atoms. The number of halogens is 4. The van der Waals surface area contributed by atoms with Crippen LogP contribution in [0.2, 0.25) is 0 Å². The number of ether oxygens (including phenoxy) is 2. The van der Waals surface area contributed by atoms with Gasteiger partial charge in [-0.1, -0.05) is 6.07 Å². The highest BCUT2D eigenvalue weighted by atomic mass is 127. The van der Waals surface area contributed by atoms with E-state index in [0.717, 1.165) is 12.1 Å². The molecule has 0 fully saturated rings. The summed E-state index contributed by atoms with van der Waals surface area (Å²) in [6, 6.07) is 5.89. The van der Waals surface area contributed by atoms with Gasteiger partial charge in [0.15, 0.2) is 6.10 Å². The maximum Gasteiger partial charge on any atom is 0.405 e. The Morgan fingerprint density at radius 3 is 2.38 bits per heavy atom. The number of nitro benzene ring substituents is 1. The van der Waals surface area contributed by atoms with Gasteiger partial charge in [-0.15, -0.1) is 0 Å². The largest absolute Gasteiger partial charge is 0.451 e. The topological polar surface area (TPSA) is 150 Å². The van der Waals surface area contributed by atoms with Gasteiger partial charge in [0, 0.05) is 15.7 Å². The molecule has 2 rings (SSSR count). The Labute approximate surface area is 191 Å². The number of rotatable bonds is 7. The first kappa shape index (κ1) is 25.5. The monoisotopic (exact) mass is 589 g/mol. The van der Waals surface area contributed by atoms with E-state index >= 15 is 0 Å². The lowest BCUT2D eigenvalue weighted by Crippen LogP contribution is -2.42. The number of benzene rings is 2. The number of hydrogen-bond donors (Lipinski definition) is 1. The molecule has 15 heteroatoms. The molecule has 0 aliphatic carbocycles. The first-order chi connectivity index (χ1) is 14.7. The molecule has 10 nitrogen and oxygen atoms in total. The van der Waals surface area contributed by atoms with Crippen LogP contribution in [0.3, 0.4) is 0 Å². The molecule has 172 valence electrons. The Hall–Kier alpha value is -2.79. The number of carbonyl (C=O) groups excluding carboxylic acids is 2. The molecule has 0 aromatic heterocycles. The summed E-state index contributed by atoms with van der Waals surface area (Å²) in [6.07, 6.45) is -2.74. The maximum absolute atomic E-state index is 13.9. The van der Waals surface area contributed by atoms with E-state index in [9.17, 15) is 41.3 Å². The van der Waals surface area contributed by atoms with E-state index in [1.165, 1.54) is 12.1 Å². The van der Waals surface area contributed by atoms with Gasteiger partial charge in [-0.3, -0.25) is 14.7 Å². The summed E-state index contributed by atoms with van der Waals surface area (Å²) < 4.78 is 80.6. The highest BCUT2D eigenvalue weighted by molar-refractivity contribution is 14.1. The van der Waals surface area contributed by atoms with Gasteiger partial charge in [-0.05, 0) is 47.7 Å². The Balaban J connectivity index is 2.39. The molecule has 0 saturated heterocycles. The predicted octanol–water partition coefficient (Wildman–Crippen LogP) is 3.58. The second-order valence-corrected chi connectivity index (χ2v) is 8.66. The zero-order valence-electron chi connectivity index (χ0n) is 15.6. The number of esters is 2. The van der Waals surface area contributed by atoms with Gasteiger partial charge in [-0.2, -0.15) is 17.2 Å². The molecule has 0 aliphatic heterocycles. The molecule has 0 saturated carbocycles. The van der Waals surface area contributed by atoms with Crippen molar-refractivity contribution in [2.75, 3.05) is 0 Å². The Morgan fingerprint density at radius 1 is 1.22 bits per heavy atom. The van der Waals surface area contributed by atoms with Gasteiger partial charge >= 0.3 is 27.3 Å². The zero-order chi connectivity index (χ0) is 24.4. The molecule has 1 N–H and O–H groups in total. The van der Waals surface area contributed by atoms with Crippen molar-refractivity contribution in [2.45, 2.75) is 18.3 Å². The lowest BCUT2D eigenvalue weighted by atomic mass is 10.1. The second-order valence-electron chi connectivity index (χ2n) is 6.01. The van der Waals surface area contributed by atoms with Crippen molar-refractivity contribution >= 4 is 50.3 Å². The standard InChI is InChI=1S/C17H11F3INO9S/c1-8(17(19,20)32(27,28)29)30-15(23)10-7-9(5-6-13(10)22(25)26)31-16(24)14-11(18)3-2-4-12(14)21/h2-8H,1H3,(H,27,28,29). The minimum absolute atomic E-state index is 0.176. The van der Waals surface area contributed by atoms with Crippen molar-refractivity contribution in [3.63, 3.8) is 0 Å². The van der Waals surface area contributed by atoms with Gasteiger partial charge < -0.3 is 9.47 Å². The smallest absolute Gasteiger partial charge is 0.405 e. The van der Waals surface area contributed by atoms with Gasteiger partial charge in [0.05, 0.1) is 4.92 Å². The molecule has 0 heterocycles. The number of alkyl halides is 2. The highest BCUT2D eigenvalue weighted by Crippen LogP contribution is 2.30. The van der Waals surface area contributed by atoms with Crippen molar-refractivity contribution in [3.05, 3.63) is 67.0 Å². The van der Waals surface area contributed by atoms with Crippen LogP contribution in [0.25, 0.3) is 0 Å². The molecule has 0 amide bonds. The third kappa shape index (κ3) is 5.33. The molecule has 0 bridgehead atoms. The Bertz CT molecular complexity index is 1180. The third-order valence-electron chi connectivity index (χ3n) is 3.86. The van der Waals surface area contributed by atoms with Gasteiger partial charge in [0.1, 0.15) is 22.7 Å². The Morgan fingerprint density at radius 2 is 1.84 bits per heavy atom. The van der Waals surface area contributed by atoms with Crippen LogP contribution in [0.15, 0.2) is 36.4 Å². The summed E-state index contributed by atoms with van der Waals surface area (Å²) in [7, 11) is -5.97. The summed E-state index contributed by atoms with van der Waals surface area (Å²) in [5.41, 5.74) is -2.38. The molecule has 0 radical (unpaired) electrons. The van der Waals surface area contributed by atoms with Gasteiger partial charge in [-0.25, -0.2) is 14.0 Å².